The Hall–Kier alpha value is 0.0864. The first kappa shape index (κ1) is 13.2. The Kier molecular flexibility index (Phi) is 5.24. The van der Waals surface area contributed by atoms with Crippen LogP contribution in [0, 0.1) is 0 Å². The minimum atomic E-state index is -2.52. The predicted octanol–water partition coefficient (Wildman–Crippen LogP) is -0.602. The van der Waals surface area contributed by atoms with Crippen molar-refractivity contribution in [3.8, 4) is 16.9 Å². The number of fused-ring (bicyclic) bond motifs is 1. The molecule has 0 N–H and O–H groups in total. The van der Waals surface area contributed by atoms with Gasteiger partial charge in [0.25, 0.3) is 0 Å². The van der Waals surface area contributed by atoms with Crippen molar-refractivity contribution in [1.29, 1.82) is 0 Å². The molecule has 5 heteroatoms. The van der Waals surface area contributed by atoms with E-state index in [0.29, 0.717) is 5.75 Å². The molecule has 2 aliphatic carbocycles. The molecule has 0 saturated carbocycles. The van der Waals surface area contributed by atoms with Gasteiger partial charge in [-0.05, 0) is 11.6 Å². The Balaban J connectivity index is 0.00000112. The van der Waals surface area contributed by atoms with Crippen LogP contribution in [0.4, 0.5) is 0 Å². The molecule has 0 aromatic heterocycles. The second-order valence-corrected chi connectivity index (χ2v) is 3.34. The standard InChI is InChI=1S/C10H7O3S.K/c11-14(12)13-10-7-6-8-4-2-1-3-5-9(8)10;/h1-7H;/q-1;+1. The van der Waals surface area contributed by atoms with E-state index in [1.165, 1.54) is 0 Å². The number of rotatable bonds is 2. The fourth-order valence-corrected chi connectivity index (χ4v) is 1.62. The molecule has 3 nitrogen and oxygen atoms in total. The maximum Gasteiger partial charge on any atom is 1.00 e. The fourth-order valence-electron chi connectivity index (χ4n) is 1.33. The van der Waals surface area contributed by atoms with E-state index in [1.807, 2.05) is 36.4 Å². The Morgan fingerprint density at radius 3 is 2.40 bits per heavy atom. The topological polar surface area (TPSA) is 43.4 Å². The SMILES string of the molecule is O=[S-](=O)Oc1ccc2cccccc1-2.[K+]. The van der Waals surface area contributed by atoms with Gasteiger partial charge >= 0.3 is 51.4 Å². The third-order valence-electron chi connectivity index (χ3n) is 1.91. The van der Waals surface area contributed by atoms with Crippen molar-refractivity contribution in [3.63, 3.8) is 0 Å². The van der Waals surface area contributed by atoms with Crippen molar-refractivity contribution >= 4 is 11.0 Å². The van der Waals surface area contributed by atoms with Gasteiger partial charge in [0.05, 0.1) is 0 Å². The van der Waals surface area contributed by atoms with Crippen LogP contribution < -0.4 is 55.6 Å². The van der Waals surface area contributed by atoms with Gasteiger partial charge in [-0.15, -0.1) is 0 Å². The normalized spacial score (nSPS) is 9.93. The summed E-state index contributed by atoms with van der Waals surface area (Å²) in [6.07, 6.45) is 0. The van der Waals surface area contributed by atoms with E-state index in [4.69, 9.17) is 0 Å². The number of hydrogen-bond donors (Lipinski definition) is 0. The van der Waals surface area contributed by atoms with Gasteiger partial charge in [0.15, 0.2) is 0 Å². The minimum absolute atomic E-state index is 0. The summed E-state index contributed by atoms with van der Waals surface area (Å²) in [7, 11) is -2.52. The quantitative estimate of drug-likeness (QED) is 0.525. The van der Waals surface area contributed by atoms with Gasteiger partial charge in [0, 0.05) is 5.56 Å². The molecule has 2 aliphatic rings. The molecule has 0 bridgehead atoms. The summed E-state index contributed by atoms with van der Waals surface area (Å²) in [6, 6.07) is 12.8. The molecule has 72 valence electrons. The maximum absolute atomic E-state index is 10.4. The molecule has 0 radical (unpaired) electrons. The largest absolute Gasteiger partial charge is 1.00 e. The van der Waals surface area contributed by atoms with Crippen molar-refractivity contribution in [2.45, 2.75) is 0 Å². The zero-order chi connectivity index (χ0) is 9.97. The van der Waals surface area contributed by atoms with Crippen molar-refractivity contribution in [1.82, 2.24) is 0 Å². The van der Waals surface area contributed by atoms with Crippen LogP contribution >= 0.6 is 0 Å². The van der Waals surface area contributed by atoms with Crippen LogP contribution in [0.5, 0.6) is 5.75 Å². The molecule has 2 rings (SSSR count). The van der Waals surface area contributed by atoms with Gasteiger partial charge in [-0.1, -0.05) is 36.4 Å². The summed E-state index contributed by atoms with van der Waals surface area (Å²) in [4.78, 5) is 0. The molecule has 0 saturated heterocycles. The van der Waals surface area contributed by atoms with Gasteiger partial charge < -0.3 is 12.6 Å². The predicted molar refractivity (Wildman–Crippen MR) is 52.4 cm³/mol. The first-order chi connectivity index (χ1) is 6.77. The molecule has 0 aliphatic heterocycles. The molecule has 0 spiro atoms. The van der Waals surface area contributed by atoms with Crippen molar-refractivity contribution < 1.29 is 64.0 Å². The van der Waals surface area contributed by atoms with Crippen LogP contribution in [-0.4, -0.2) is 0 Å². The van der Waals surface area contributed by atoms with E-state index < -0.39 is 11.0 Å². The minimum Gasteiger partial charge on any atom is -0.532 e. The zero-order valence-electron chi connectivity index (χ0n) is 8.17. The molecule has 0 aromatic rings. The first-order valence-corrected chi connectivity index (χ1v) is 5.03. The van der Waals surface area contributed by atoms with Gasteiger partial charge in [-0.3, -0.25) is 0 Å². The summed E-state index contributed by atoms with van der Waals surface area (Å²) in [5.41, 5.74) is 1.75. The molecular weight excluding hydrogens is 239 g/mol. The Labute approximate surface area is 132 Å². The molecule has 0 atom stereocenters. The summed E-state index contributed by atoms with van der Waals surface area (Å²) in [5, 5.41) is 0. The van der Waals surface area contributed by atoms with Gasteiger partial charge in [0.2, 0.25) is 0 Å². The van der Waals surface area contributed by atoms with Gasteiger partial charge in [-0.25, -0.2) is 0 Å². The van der Waals surface area contributed by atoms with Crippen LogP contribution in [0.1, 0.15) is 0 Å². The smallest absolute Gasteiger partial charge is 0.532 e. The Morgan fingerprint density at radius 1 is 0.933 bits per heavy atom. The molecule has 0 fully saturated rings. The maximum atomic E-state index is 10.4. The molecular formula is C10H7KO3S. The molecule has 0 amide bonds. The second kappa shape index (κ2) is 5.98. The number of hydrogen-bond acceptors (Lipinski definition) is 4. The monoisotopic (exact) mass is 246 g/mol. The fraction of sp³-hybridized carbons (Fsp3) is 0. The summed E-state index contributed by atoms with van der Waals surface area (Å²) < 4.78 is 25.4. The molecule has 0 heterocycles. The zero-order valence-corrected chi connectivity index (χ0v) is 12.1. The molecule has 0 unspecified atom stereocenters. The molecule has 0 aromatic carbocycles. The summed E-state index contributed by atoms with van der Waals surface area (Å²) in [5.74, 6) is 0.365. The van der Waals surface area contributed by atoms with Crippen LogP contribution in [0.15, 0.2) is 42.5 Å². The van der Waals surface area contributed by atoms with Crippen LogP contribution in [-0.2, 0) is 19.4 Å². The van der Waals surface area contributed by atoms with E-state index in [-0.39, 0.29) is 51.4 Å². The van der Waals surface area contributed by atoms with Crippen molar-refractivity contribution in [3.05, 3.63) is 42.5 Å². The average Bonchev–Trinajstić information content (AvgIpc) is 2.37. The van der Waals surface area contributed by atoms with E-state index in [9.17, 15) is 8.42 Å². The van der Waals surface area contributed by atoms with Gasteiger partial charge in [0.1, 0.15) is 16.7 Å². The second-order valence-electron chi connectivity index (χ2n) is 2.76. The van der Waals surface area contributed by atoms with Crippen LogP contribution in [0.25, 0.3) is 11.1 Å². The van der Waals surface area contributed by atoms with E-state index in [2.05, 4.69) is 4.18 Å². The van der Waals surface area contributed by atoms with Crippen LogP contribution in [0.2, 0.25) is 0 Å². The Morgan fingerprint density at radius 2 is 1.67 bits per heavy atom. The van der Waals surface area contributed by atoms with Crippen molar-refractivity contribution in [2.75, 3.05) is 0 Å². The van der Waals surface area contributed by atoms with E-state index in [0.717, 1.165) is 11.1 Å². The summed E-state index contributed by atoms with van der Waals surface area (Å²) >= 11 is 0. The first-order valence-electron chi connectivity index (χ1n) is 4.03. The summed E-state index contributed by atoms with van der Waals surface area (Å²) in [6.45, 7) is 0. The van der Waals surface area contributed by atoms with Gasteiger partial charge in [-0.2, -0.15) is 0 Å². The third-order valence-corrected chi connectivity index (χ3v) is 2.23. The Bertz CT molecular complexity index is 488. The third kappa shape index (κ3) is 3.27. The van der Waals surface area contributed by atoms with Crippen molar-refractivity contribution in [2.24, 2.45) is 0 Å². The average molecular weight is 246 g/mol. The van der Waals surface area contributed by atoms with Crippen LogP contribution in [0.3, 0.4) is 0 Å². The molecule has 15 heavy (non-hydrogen) atoms. The van der Waals surface area contributed by atoms with E-state index >= 15 is 0 Å². The van der Waals surface area contributed by atoms with E-state index in [1.54, 1.807) is 6.07 Å².